The summed E-state index contributed by atoms with van der Waals surface area (Å²) in [6.45, 7) is 0.238. The van der Waals surface area contributed by atoms with Gasteiger partial charge >= 0.3 is 12.1 Å². The molecule has 0 aliphatic carbocycles. The molecule has 7 heteroatoms. The predicted molar refractivity (Wildman–Crippen MR) is 102 cm³/mol. The minimum atomic E-state index is -0.896. The maximum absolute atomic E-state index is 12.5. The van der Waals surface area contributed by atoms with Gasteiger partial charge in [-0.1, -0.05) is 60.7 Å². The molecule has 0 bridgehead atoms. The Morgan fingerprint density at radius 1 is 0.929 bits per heavy atom. The second-order valence-electron chi connectivity index (χ2n) is 6.13. The molecule has 3 rings (SSSR count). The smallest absolute Gasteiger partial charge is 0.408 e. The van der Waals surface area contributed by atoms with E-state index in [0.29, 0.717) is 5.69 Å². The number of carbonyl (C=O) groups is 2. The third kappa shape index (κ3) is 5.98. The maximum Gasteiger partial charge on any atom is 0.408 e. The molecule has 0 aliphatic rings. The molecule has 2 aromatic carbocycles. The number of esters is 1. The van der Waals surface area contributed by atoms with Crippen molar-refractivity contribution in [3.8, 4) is 0 Å². The number of H-pyrrole nitrogens is 1. The number of aromatic amines is 1. The fourth-order valence-corrected chi connectivity index (χ4v) is 2.55. The van der Waals surface area contributed by atoms with Crippen molar-refractivity contribution in [3.05, 3.63) is 90.0 Å². The zero-order valence-corrected chi connectivity index (χ0v) is 15.2. The molecule has 0 saturated heterocycles. The van der Waals surface area contributed by atoms with Crippen LogP contribution in [0, 0.1) is 0 Å². The second-order valence-corrected chi connectivity index (χ2v) is 6.13. The first kappa shape index (κ1) is 19.2. The molecule has 0 saturated carbocycles. The van der Waals surface area contributed by atoms with Crippen LogP contribution >= 0.6 is 0 Å². The van der Waals surface area contributed by atoms with Gasteiger partial charge < -0.3 is 19.8 Å². The number of hydrogen-bond donors (Lipinski definition) is 2. The Kier molecular flexibility index (Phi) is 6.78. The van der Waals surface area contributed by atoms with Crippen LogP contribution in [0.3, 0.4) is 0 Å². The Balaban J connectivity index is 1.57. The highest BCUT2D eigenvalue weighted by atomic mass is 16.6. The van der Waals surface area contributed by atoms with Crippen molar-refractivity contribution in [2.75, 3.05) is 0 Å². The number of rotatable bonds is 8. The number of nitrogens with one attached hydrogen (secondary N) is 2. The van der Waals surface area contributed by atoms with E-state index in [1.165, 1.54) is 6.33 Å². The summed E-state index contributed by atoms with van der Waals surface area (Å²) in [6, 6.07) is 17.7. The number of nitrogens with zero attached hydrogens (tertiary/aromatic N) is 1. The Morgan fingerprint density at radius 3 is 2.11 bits per heavy atom. The van der Waals surface area contributed by atoms with Crippen LogP contribution in [-0.2, 0) is 33.9 Å². The number of imidazole rings is 1. The SMILES string of the molecule is O=C(N[C@H](Cc1cnc[nH]1)C(=O)OCc1ccccc1)OCc1ccccc1. The fourth-order valence-electron chi connectivity index (χ4n) is 2.55. The zero-order chi connectivity index (χ0) is 19.6. The van der Waals surface area contributed by atoms with Gasteiger partial charge in [-0.15, -0.1) is 0 Å². The molecule has 1 amide bonds. The van der Waals surface area contributed by atoms with E-state index in [4.69, 9.17) is 9.47 Å². The monoisotopic (exact) mass is 379 g/mol. The van der Waals surface area contributed by atoms with Gasteiger partial charge in [-0.25, -0.2) is 14.6 Å². The first-order valence-corrected chi connectivity index (χ1v) is 8.86. The molecule has 3 aromatic rings. The third-order valence-corrected chi connectivity index (χ3v) is 3.99. The number of amides is 1. The molecule has 1 aromatic heterocycles. The van der Waals surface area contributed by atoms with Gasteiger partial charge in [-0.05, 0) is 11.1 Å². The number of hydrogen-bond acceptors (Lipinski definition) is 5. The number of ether oxygens (including phenoxy) is 2. The third-order valence-electron chi connectivity index (χ3n) is 3.99. The summed E-state index contributed by atoms with van der Waals surface area (Å²) in [5.74, 6) is -0.546. The molecular weight excluding hydrogens is 358 g/mol. The molecule has 7 nitrogen and oxygen atoms in total. The molecule has 144 valence electrons. The van der Waals surface area contributed by atoms with Crippen LogP contribution in [0.15, 0.2) is 73.2 Å². The van der Waals surface area contributed by atoms with Crippen molar-refractivity contribution in [3.63, 3.8) is 0 Å². The van der Waals surface area contributed by atoms with E-state index in [1.807, 2.05) is 60.7 Å². The Morgan fingerprint density at radius 2 is 1.54 bits per heavy atom. The standard InChI is InChI=1S/C21H21N3O4/c25-20(27-13-16-7-3-1-4-8-16)19(11-18-12-22-15-23-18)24-21(26)28-14-17-9-5-2-6-10-17/h1-10,12,15,19H,11,13-14H2,(H,22,23)(H,24,26)/t19-/m1/s1. The summed E-state index contributed by atoms with van der Waals surface area (Å²) in [4.78, 5) is 31.5. The Hall–Kier alpha value is -3.61. The summed E-state index contributed by atoms with van der Waals surface area (Å²) in [5.41, 5.74) is 2.42. The van der Waals surface area contributed by atoms with Crippen LogP contribution < -0.4 is 5.32 Å². The van der Waals surface area contributed by atoms with Gasteiger partial charge in [0.2, 0.25) is 0 Å². The highest BCUT2D eigenvalue weighted by Gasteiger charge is 2.24. The number of benzene rings is 2. The van der Waals surface area contributed by atoms with E-state index in [-0.39, 0.29) is 19.6 Å². The quantitative estimate of drug-likeness (QED) is 0.587. The lowest BCUT2D eigenvalue weighted by molar-refractivity contribution is -0.147. The molecule has 0 aliphatic heterocycles. The lowest BCUT2D eigenvalue weighted by Gasteiger charge is -2.17. The molecule has 28 heavy (non-hydrogen) atoms. The molecule has 1 atom stereocenters. The minimum Gasteiger partial charge on any atom is -0.459 e. The summed E-state index contributed by atoms with van der Waals surface area (Å²) < 4.78 is 10.6. The fraction of sp³-hybridized carbons (Fsp3) is 0.190. The Bertz CT molecular complexity index is 867. The zero-order valence-electron chi connectivity index (χ0n) is 15.2. The summed E-state index contributed by atoms with van der Waals surface area (Å²) in [5, 5.41) is 2.58. The first-order valence-electron chi connectivity index (χ1n) is 8.86. The molecule has 0 unspecified atom stereocenters. The second kappa shape index (κ2) is 9.91. The molecule has 2 N–H and O–H groups in total. The minimum absolute atomic E-state index is 0.114. The summed E-state index contributed by atoms with van der Waals surface area (Å²) >= 11 is 0. The van der Waals surface area contributed by atoms with Crippen LogP contribution in [0.25, 0.3) is 0 Å². The predicted octanol–water partition coefficient (Wildman–Crippen LogP) is 2.99. The van der Waals surface area contributed by atoms with Crippen LogP contribution in [0.2, 0.25) is 0 Å². The van der Waals surface area contributed by atoms with Crippen LogP contribution in [-0.4, -0.2) is 28.1 Å². The molecule has 1 heterocycles. The van der Waals surface area contributed by atoms with Gasteiger partial charge in [0.15, 0.2) is 0 Å². The van der Waals surface area contributed by atoms with Gasteiger partial charge in [-0.2, -0.15) is 0 Å². The highest BCUT2D eigenvalue weighted by Crippen LogP contribution is 2.06. The Labute approximate surface area is 162 Å². The summed E-state index contributed by atoms with van der Waals surface area (Å²) in [6.07, 6.45) is 2.63. The van der Waals surface area contributed by atoms with Gasteiger partial charge in [0.1, 0.15) is 19.3 Å². The lowest BCUT2D eigenvalue weighted by Crippen LogP contribution is -2.43. The van der Waals surface area contributed by atoms with Crippen molar-refractivity contribution < 1.29 is 19.1 Å². The van der Waals surface area contributed by atoms with Gasteiger partial charge in [0.05, 0.1) is 6.33 Å². The van der Waals surface area contributed by atoms with Crippen LogP contribution in [0.1, 0.15) is 16.8 Å². The largest absolute Gasteiger partial charge is 0.459 e. The average molecular weight is 379 g/mol. The topological polar surface area (TPSA) is 93.3 Å². The van der Waals surface area contributed by atoms with E-state index in [9.17, 15) is 9.59 Å². The molecule has 0 spiro atoms. The van der Waals surface area contributed by atoms with Gasteiger partial charge in [-0.3, -0.25) is 0 Å². The molecule has 0 radical (unpaired) electrons. The van der Waals surface area contributed by atoms with Crippen molar-refractivity contribution in [2.45, 2.75) is 25.7 Å². The number of alkyl carbamates (subject to hydrolysis) is 1. The normalized spacial score (nSPS) is 11.4. The van der Waals surface area contributed by atoms with Crippen LogP contribution in [0.5, 0.6) is 0 Å². The van der Waals surface area contributed by atoms with Gasteiger partial charge in [0, 0.05) is 18.3 Å². The molecular formula is C21H21N3O4. The van der Waals surface area contributed by atoms with E-state index < -0.39 is 18.1 Å². The number of carbonyl (C=O) groups excluding carboxylic acids is 2. The van der Waals surface area contributed by atoms with E-state index >= 15 is 0 Å². The highest BCUT2D eigenvalue weighted by molar-refractivity contribution is 5.81. The van der Waals surface area contributed by atoms with Crippen molar-refractivity contribution in [1.82, 2.24) is 15.3 Å². The van der Waals surface area contributed by atoms with E-state index in [0.717, 1.165) is 11.1 Å². The maximum atomic E-state index is 12.5. The van der Waals surface area contributed by atoms with Crippen LogP contribution in [0.4, 0.5) is 4.79 Å². The average Bonchev–Trinajstić information content (AvgIpc) is 3.25. The van der Waals surface area contributed by atoms with Gasteiger partial charge in [0.25, 0.3) is 0 Å². The first-order chi connectivity index (χ1) is 13.7. The van der Waals surface area contributed by atoms with E-state index in [1.54, 1.807) is 6.20 Å². The number of aromatic nitrogens is 2. The van der Waals surface area contributed by atoms with Crippen molar-refractivity contribution >= 4 is 12.1 Å². The van der Waals surface area contributed by atoms with Crippen molar-refractivity contribution in [1.29, 1.82) is 0 Å². The lowest BCUT2D eigenvalue weighted by atomic mass is 10.1. The van der Waals surface area contributed by atoms with Crippen molar-refractivity contribution in [2.24, 2.45) is 0 Å². The molecule has 0 fully saturated rings. The van der Waals surface area contributed by atoms with E-state index in [2.05, 4.69) is 15.3 Å². The summed E-state index contributed by atoms with van der Waals surface area (Å²) in [7, 11) is 0.